The van der Waals surface area contributed by atoms with Gasteiger partial charge in [-0.1, -0.05) is 145 Å². The number of hydrogen-bond donors (Lipinski definition) is 0. The maximum absolute atomic E-state index is 6.21. The molecular formula is C57H47NO. The van der Waals surface area contributed by atoms with Crippen LogP contribution >= 0.6 is 0 Å². The van der Waals surface area contributed by atoms with Gasteiger partial charge in [-0.25, -0.2) is 0 Å². The third kappa shape index (κ3) is 6.03. The zero-order valence-electron chi connectivity index (χ0n) is 34.2. The maximum atomic E-state index is 6.21. The first-order valence-electron chi connectivity index (χ1n) is 20.4. The molecule has 1 aliphatic carbocycles. The molecule has 8 aromatic carbocycles. The highest BCUT2D eigenvalue weighted by Gasteiger charge is 2.46. The van der Waals surface area contributed by atoms with E-state index in [0.29, 0.717) is 0 Å². The Labute approximate surface area is 347 Å². The molecule has 0 bridgehead atoms. The van der Waals surface area contributed by atoms with Crippen LogP contribution in [0.25, 0.3) is 55.0 Å². The molecule has 0 saturated heterocycles. The van der Waals surface area contributed by atoms with Gasteiger partial charge in [0.15, 0.2) is 0 Å². The lowest BCUT2D eigenvalue weighted by molar-refractivity contribution is 0.669. The summed E-state index contributed by atoms with van der Waals surface area (Å²) in [6, 6.07) is 62.3. The van der Waals surface area contributed by atoms with Crippen molar-refractivity contribution in [3.63, 3.8) is 0 Å². The molecule has 286 valence electrons. The van der Waals surface area contributed by atoms with E-state index in [1.807, 2.05) is 12.1 Å². The summed E-state index contributed by atoms with van der Waals surface area (Å²) in [6.07, 6.45) is 6.59. The third-order valence-electron chi connectivity index (χ3n) is 12.2. The molecule has 2 heteroatoms. The van der Waals surface area contributed by atoms with E-state index in [1.165, 1.54) is 55.3 Å². The first kappa shape index (κ1) is 37.4. The highest BCUT2D eigenvalue weighted by molar-refractivity contribution is 6.07. The van der Waals surface area contributed by atoms with Crippen molar-refractivity contribution in [1.82, 2.24) is 0 Å². The summed E-state index contributed by atoms with van der Waals surface area (Å²) in [5.41, 5.74) is 17.3. The molecular weight excluding hydrogens is 715 g/mol. The van der Waals surface area contributed by atoms with Crippen molar-refractivity contribution in [3.8, 4) is 22.3 Å². The molecule has 0 spiro atoms. The average molecular weight is 762 g/mol. The Morgan fingerprint density at radius 1 is 0.559 bits per heavy atom. The largest absolute Gasteiger partial charge is 0.456 e. The highest BCUT2D eigenvalue weighted by Crippen LogP contribution is 2.57. The molecule has 0 fully saturated rings. The topological polar surface area (TPSA) is 16.4 Å². The smallest absolute Gasteiger partial charge is 0.135 e. The van der Waals surface area contributed by atoms with E-state index >= 15 is 0 Å². The van der Waals surface area contributed by atoms with Gasteiger partial charge in [0, 0.05) is 27.5 Å². The van der Waals surface area contributed by atoms with Crippen LogP contribution in [0.3, 0.4) is 0 Å². The quantitative estimate of drug-likeness (QED) is 0.119. The van der Waals surface area contributed by atoms with Crippen molar-refractivity contribution >= 4 is 49.8 Å². The van der Waals surface area contributed by atoms with E-state index in [-0.39, 0.29) is 0 Å². The second-order valence-electron chi connectivity index (χ2n) is 15.3. The van der Waals surface area contributed by atoms with Gasteiger partial charge in [0.1, 0.15) is 11.2 Å². The number of nitrogens with zero attached hydrogens (tertiary/aromatic N) is 1. The number of anilines is 3. The van der Waals surface area contributed by atoms with Crippen LogP contribution in [-0.4, -0.2) is 0 Å². The Morgan fingerprint density at radius 2 is 1.22 bits per heavy atom. The van der Waals surface area contributed by atoms with Crippen LogP contribution in [0.15, 0.2) is 211 Å². The summed E-state index contributed by atoms with van der Waals surface area (Å²) in [4.78, 5) is 2.48. The Hall–Kier alpha value is -7.16. The minimum Gasteiger partial charge on any atom is -0.456 e. The van der Waals surface area contributed by atoms with Gasteiger partial charge < -0.3 is 9.32 Å². The first-order valence-corrected chi connectivity index (χ1v) is 20.4. The molecule has 1 aliphatic rings. The van der Waals surface area contributed by atoms with Crippen LogP contribution in [0.5, 0.6) is 0 Å². The standard InChI is InChI=1S/C55H43NO.C2H4/c1-5-6-17-37(3)55(41-19-8-7-9-20-41)50-26-14-12-23-45(50)46-30-29-43(35-51(46)55)56(52-32-36(2)38(4)44-22-10-11-24-47(44)52)42-21-16-18-39(33-42)40-28-31-54-49(34-40)48-25-13-15-27-53(48)57-54;1-2/h5-35H,1-4H3;1-2H2/b6-5-,37-17+;. The van der Waals surface area contributed by atoms with E-state index in [1.54, 1.807) is 0 Å². The summed E-state index contributed by atoms with van der Waals surface area (Å²) in [5, 5.41) is 4.75. The number of rotatable bonds is 7. The van der Waals surface area contributed by atoms with Crippen LogP contribution < -0.4 is 4.90 Å². The molecule has 1 aromatic heterocycles. The van der Waals surface area contributed by atoms with E-state index in [2.05, 4.69) is 222 Å². The first-order chi connectivity index (χ1) is 29.0. The number of benzene rings is 8. The monoisotopic (exact) mass is 761 g/mol. The van der Waals surface area contributed by atoms with Crippen molar-refractivity contribution in [3.05, 3.63) is 235 Å². The van der Waals surface area contributed by atoms with Crippen LogP contribution in [0.2, 0.25) is 0 Å². The molecule has 0 aliphatic heterocycles. The molecule has 0 saturated carbocycles. The fraction of sp³-hybridized carbons (Fsp3) is 0.0877. The molecule has 1 atom stereocenters. The predicted molar refractivity (Wildman–Crippen MR) is 252 cm³/mol. The van der Waals surface area contributed by atoms with E-state index in [0.717, 1.165) is 50.1 Å². The van der Waals surface area contributed by atoms with E-state index < -0.39 is 5.41 Å². The molecule has 1 unspecified atom stereocenters. The minimum atomic E-state index is -0.482. The van der Waals surface area contributed by atoms with Gasteiger partial charge in [-0.05, 0) is 132 Å². The van der Waals surface area contributed by atoms with E-state index in [9.17, 15) is 0 Å². The Kier molecular flexibility index (Phi) is 9.71. The summed E-state index contributed by atoms with van der Waals surface area (Å²) >= 11 is 0. The Bertz CT molecular complexity index is 3090. The molecule has 2 nitrogen and oxygen atoms in total. The minimum absolute atomic E-state index is 0.482. The van der Waals surface area contributed by atoms with Gasteiger partial charge in [0.25, 0.3) is 0 Å². The highest BCUT2D eigenvalue weighted by atomic mass is 16.3. The number of furan rings is 1. The molecule has 1 heterocycles. The number of para-hydroxylation sites is 1. The predicted octanol–water partition coefficient (Wildman–Crippen LogP) is 16.1. The number of aryl methyl sites for hydroxylation is 2. The van der Waals surface area contributed by atoms with E-state index in [4.69, 9.17) is 4.42 Å². The number of fused-ring (bicyclic) bond motifs is 7. The van der Waals surface area contributed by atoms with Gasteiger partial charge >= 0.3 is 0 Å². The van der Waals surface area contributed by atoms with Crippen LogP contribution in [0, 0.1) is 13.8 Å². The molecule has 0 radical (unpaired) electrons. The van der Waals surface area contributed by atoms with Gasteiger partial charge in [-0.2, -0.15) is 0 Å². The number of allylic oxidation sites excluding steroid dienone is 4. The fourth-order valence-electron chi connectivity index (χ4n) is 9.40. The fourth-order valence-corrected chi connectivity index (χ4v) is 9.40. The van der Waals surface area contributed by atoms with Crippen molar-refractivity contribution < 1.29 is 4.42 Å². The maximum Gasteiger partial charge on any atom is 0.135 e. The third-order valence-corrected chi connectivity index (χ3v) is 12.2. The van der Waals surface area contributed by atoms with Crippen molar-refractivity contribution in [1.29, 1.82) is 0 Å². The summed E-state index contributed by atoms with van der Waals surface area (Å²) in [5.74, 6) is 0. The second-order valence-corrected chi connectivity index (χ2v) is 15.3. The second kappa shape index (κ2) is 15.3. The van der Waals surface area contributed by atoms with Gasteiger partial charge in [0.05, 0.1) is 11.1 Å². The lowest BCUT2D eigenvalue weighted by atomic mass is 9.67. The number of hydrogen-bond acceptors (Lipinski definition) is 2. The molecule has 0 N–H and O–H groups in total. The lowest BCUT2D eigenvalue weighted by Crippen LogP contribution is -2.28. The Morgan fingerprint density at radius 3 is 2.03 bits per heavy atom. The molecule has 59 heavy (non-hydrogen) atoms. The van der Waals surface area contributed by atoms with Crippen molar-refractivity contribution in [2.45, 2.75) is 33.1 Å². The van der Waals surface area contributed by atoms with Gasteiger partial charge in [-0.15, -0.1) is 13.2 Å². The van der Waals surface area contributed by atoms with Crippen molar-refractivity contribution in [2.24, 2.45) is 0 Å². The lowest BCUT2D eigenvalue weighted by Gasteiger charge is -2.35. The van der Waals surface area contributed by atoms with Crippen LogP contribution in [0.1, 0.15) is 41.7 Å². The summed E-state index contributed by atoms with van der Waals surface area (Å²) in [7, 11) is 0. The van der Waals surface area contributed by atoms with Crippen molar-refractivity contribution in [2.75, 3.05) is 4.90 Å². The molecule has 0 amide bonds. The Balaban J connectivity index is 0.00000221. The van der Waals surface area contributed by atoms with Crippen LogP contribution in [-0.2, 0) is 5.41 Å². The normalized spacial score (nSPS) is 14.7. The molecule has 10 rings (SSSR count). The molecule has 9 aromatic rings. The zero-order chi connectivity index (χ0) is 40.7. The zero-order valence-corrected chi connectivity index (χ0v) is 34.2. The van der Waals surface area contributed by atoms with Gasteiger partial charge in [-0.3, -0.25) is 0 Å². The van der Waals surface area contributed by atoms with Crippen LogP contribution in [0.4, 0.5) is 17.1 Å². The summed E-state index contributed by atoms with van der Waals surface area (Å²) < 4.78 is 6.21. The SMILES string of the molecule is C/C=C\C=C(/C)C1(c2ccccc2)c2ccccc2-c2ccc(N(c3cccc(-c4ccc5oc6ccccc6c5c4)c3)c3cc(C)c(C)c4ccccc34)cc21.C=C. The average Bonchev–Trinajstić information content (AvgIpc) is 3.81. The van der Waals surface area contributed by atoms with Gasteiger partial charge in [0.2, 0.25) is 0 Å². The summed E-state index contributed by atoms with van der Waals surface area (Å²) in [6.45, 7) is 14.9.